The van der Waals surface area contributed by atoms with Crippen LogP contribution in [0, 0.1) is 6.92 Å². The van der Waals surface area contributed by atoms with Gasteiger partial charge >= 0.3 is 6.03 Å². The molecule has 1 aliphatic heterocycles. The van der Waals surface area contributed by atoms with E-state index in [0.717, 1.165) is 10.5 Å². The van der Waals surface area contributed by atoms with Gasteiger partial charge in [-0.1, -0.05) is 12.1 Å². The van der Waals surface area contributed by atoms with Crippen molar-refractivity contribution in [1.29, 1.82) is 0 Å². The lowest BCUT2D eigenvalue weighted by molar-refractivity contribution is -0.127. The molecule has 0 radical (unpaired) electrons. The average molecular weight is 502 g/mol. The van der Waals surface area contributed by atoms with Crippen molar-refractivity contribution in [3.05, 3.63) is 57.7 Å². The van der Waals surface area contributed by atoms with Crippen LogP contribution in [0.1, 0.15) is 25.0 Å². The van der Waals surface area contributed by atoms with E-state index in [2.05, 4.69) is 26.6 Å². The highest BCUT2D eigenvalue weighted by molar-refractivity contribution is 9.10. The molecular weight excluding hydrogens is 478 g/mol. The number of carbonyl (C=O) groups is 3. The van der Waals surface area contributed by atoms with E-state index in [-0.39, 0.29) is 11.8 Å². The highest BCUT2D eigenvalue weighted by Gasteiger charge is 2.35. The molecule has 0 saturated carbocycles. The number of amides is 4. The number of urea groups is 1. The summed E-state index contributed by atoms with van der Waals surface area (Å²) in [6.45, 7) is 5.31. The number of hydrogen-bond donors (Lipinski definition) is 2. The second-order valence-corrected chi connectivity index (χ2v) is 8.35. The molecule has 2 aromatic rings. The lowest BCUT2D eigenvalue weighted by atomic mass is 10.1. The summed E-state index contributed by atoms with van der Waals surface area (Å²) < 4.78 is 11.8. The Bertz CT molecular complexity index is 1100. The topological polar surface area (TPSA) is 97.0 Å². The summed E-state index contributed by atoms with van der Waals surface area (Å²) in [6.07, 6.45) is 1.46. The molecule has 0 bridgehead atoms. The molecule has 9 heteroatoms. The number of nitrogens with one attached hydrogen (secondary N) is 2. The molecule has 4 amide bonds. The maximum Gasteiger partial charge on any atom is 0.329 e. The highest BCUT2D eigenvalue weighted by atomic mass is 79.9. The van der Waals surface area contributed by atoms with Gasteiger partial charge in [0.15, 0.2) is 11.5 Å². The number of carbonyl (C=O) groups excluding carboxylic acids is 3. The largest absolute Gasteiger partial charge is 0.493 e. The van der Waals surface area contributed by atoms with Crippen LogP contribution in [0.4, 0.5) is 10.5 Å². The summed E-state index contributed by atoms with van der Waals surface area (Å²) in [7, 11) is 1.52. The van der Waals surface area contributed by atoms with Crippen molar-refractivity contribution >= 4 is 45.5 Å². The van der Waals surface area contributed by atoms with E-state index in [1.54, 1.807) is 24.3 Å². The van der Waals surface area contributed by atoms with E-state index in [1.807, 2.05) is 32.9 Å². The number of aryl methyl sites for hydroxylation is 1. The van der Waals surface area contributed by atoms with Crippen LogP contribution in [0.25, 0.3) is 6.08 Å². The highest BCUT2D eigenvalue weighted by Crippen LogP contribution is 2.38. The van der Waals surface area contributed by atoms with Crippen LogP contribution in [-0.2, 0) is 9.59 Å². The Morgan fingerprint density at radius 2 is 2.00 bits per heavy atom. The first-order valence-electron chi connectivity index (χ1n) is 9.93. The molecule has 0 unspecified atom stereocenters. The first-order valence-corrected chi connectivity index (χ1v) is 10.7. The number of hydrogen-bond acceptors (Lipinski definition) is 5. The third-order valence-electron chi connectivity index (χ3n) is 4.48. The van der Waals surface area contributed by atoms with Crippen LogP contribution in [0.5, 0.6) is 11.5 Å². The number of nitrogens with zero attached hydrogens (tertiary/aromatic N) is 1. The standard InChI is InChI=1S/C23H24BrN3O5/c1-13(2)32-21-17(24)9-15(11-19(21)31-4)10-18-22(29)27(23(30)26-18)12-20(28)25-16-7-5-6-14(3)8-16/h5-11,13H,12H2,1-4H3,(H,25,28)(H,26,30)/b18-10-. The van der Waals surface area contributed by atoms with Crippen molar-refractivity contribution in [2.75, 3.05) is 19.0 Å². The SMILES string of the molecule is COc1cc(/C=C2\NC(=O)N(CC(=O)Nc3cccc(C)c3)C2=O)cc(Br)c1OC(C)C. The number of anilines is 1. The normalized spacial score (nSPS) is 14.7. The van der Waals surface area contributed by atoms with Gasteiger partial charge in [0.25, 0.3) is 5.91 Å². The molecule has 168 valence electrons. The fraction of sp³-hybridized carbons (Fsp3) is 0.261. The average Bonchev–Trinajstić information content (AvgIpc) is 2.96. The van der Waals surface area contributed by atoms with Gasteiger partial charge in [0.2, 0.25) is 5.91 Å². The van der Waals surface area contributed by atoms with E-state index in [4.69, 9.17) is 9.47 Å². The molecule has 0 atom stereocenters. The van der Waals surface area contributed by atoms with Crippen molar-refractivity contribution in [2.24, 2.45) is 0 Å². The summed E-state index contributed by atoms with van der Waals surface area (Å²) in [4.78, 5) is 38.3. The summed E-state index contributed by atoms with van der Waals surface area (Å²) in [5, 5.41) is 5.21. The maximum absolute atomic E-state index is 12.7. The van der Waals surface area contributed by atoms with E-state index in [1.165, 1.54) is 13.2 Å². The predicted octanol–water partition coefficient (Wildman–Crippen LogP) is 4.08. The Morgan fingerprint density at radius 3 is 2.66 bits per heavy atom. The van der Waals surface area contributed by atoms with E-state index in [9.17, 15) is 14.4 Å². The minimum absolute atomic E-state index is 0.0559. The minimum Gasteiger partial charge on any atom is -0.493 e. The van der Waals surface area contributed by atoms with Crippen LogP contribution in [0.15, 0.2) is 46.6 Å². The van der Waals surface area contributed by atoms with Crippen LogP contribution < -0.4 is 20.1 Å². The zero-order valence-corrected chi connectivity index (χ0v) is 19.8. The third-order valence-corrected chi connectivity index (χ3v) is 5.07. The smallest absolute Gasteiger partial charge is 0.329 e. The zero-order chi connectivity index (χ0) is 23.4. The Labute approximate surface area is 194 Å². The third kappa shape index (κ3) is 5.47. The van der Waals surface area contributed by atoms with Gasteiger partial charge in [-0.2, -0.15) is 0 Å². The van der Waals surface area contributed by atoms with Crippen molar-refractivity contribution in [3.8, 4) is 11.5 Å². The molecular formula is C23H24BrN3O5. The lowest BCUT2D eigenvalue weighted by Gasteiger charge is -2.16. The summed E-state index contributed by atoms with van der Waals surface area (Å²) >= 11 is 3.45. The molecule has 32 heavy (non-hydrogen) atoms. The van der Waals surface area contributed by atoms with Gasteiger partial charge in [0, 0.05) is 5.69 Å². The monoisotopic (exact) mass is 501 g/mol. The minimum atomic E-state index is -0.661. The molecule has 0 aliphatic carbocycles. The van der Waals surface area contributed by atoms with Gasteiger partial charge in [-0.3, -0.25) is 9.59 Å². The Morgan fingerprint density at radius 1 is 1.25 bits per heavy atom. The number of rotatable bonds is 7. The van der Waals surface area contributed by atoms with Gasteiger partial charge in [-0.05, 0) is 78.2 Å². The molecule has 0 spiro atoms. The van der Waals surface area contributed by atoms with E-state index in [0.29, 0.717) is 27.2 Å². The molecule has 3 rings (SSSR count). The molecule has 1 heterocycles. The lowest BCUT2D eigenvalue weighted by Crippen LogP contribution is -2.38. The molecule has 1 aliphatic rings. The van der Waals surface area contributed by atoms with Crippen molar-refractivity contribution in [1.82, 2.24) is 10.2 Å². The van der Waals surface area contributed by atoms with Crippen LogP contribution >= 0.6 is 15.9 Å². The Hall–Kier alpha value is -3.33. The number of halogens is 1. The molecule has 1 saturated heterocycles. The molecule has 2 N–H and O–H groups in total. The summed E-state index contributed by atoms with van der Waals surface area (Å²) in [6, 6.07) is 10.0. The summed E-state index contributed by atoms with van der Waals surface area (Å²) in [5.74, 6) is -0.0427. The maximum atomic E-state index is 12.7. The number of benzene rings is 2. The van der Waals surface area contributed by atoms with Crippen molar-refractivity contribution < 1.29 is 23.9 Å². The molecule has 1 fully saturated rings. The fourth-order valence-corrected chi connectivity index (χ4v) is 3.68. The first kappa shape index (κ1) is 23.3. The van der Waals surface area contributed by atoms with E-state index >= 15 is 0 Å². The zero-order valence-electron chi connectivity index (χ0n) is 18.2. The molecule has 0 aromatic heterocycles. The van der Waals surface area contributed by atoms with Crippen LogP contribution in [0.3, 0.4) is 0 Å². The van der Waals surface area contributed by atoms with Gasteiger partial charge < -0.3 is 20.1 Å². The van der Waals surface area contributed by atoms with Gasteiger partial charge in [0.05, 0.1) is 17.7 Å². The van der Waals surface area contributed by atoms with Gasteiger partial charge in [-0.15, -0.1) is 0 Å². The molecule has 8 nitrogen and oxygen atoms in total. The van der Waals surface area contributed by atoms with Gasteiger partial charge in [0.1, 0.15) is 12.2 Å². The Balaban J connectivity index is 1.76. The number of imide groups is 1. The second kappa shape index (κ2) is 9.86. The Kier molecular flexibility index (Phi) is 7.19. The van der Waals surface area contributed by atoms with Gasteiger partial charge in [-0.25, -0.2) is 9.69 Å². The van der Waals surface area contributed by atoms with E-state index < -0.39 is 24.4 Å². The second-order valence-electron chi connectivity index (χ2n) is 7.50. The molecule has 2 aromatic carbocycles. The quantitative estimate of drug-likeness (QED) is 0.439. The predicted molar refractivity (Wildman–Crippen MR) is 124 cm³/mol. The van der Waals surface area contributed by atoms with Crippen LogP contribution in [-0.4, -0.2) is 42.5 Å². The van der Waals surface area contributed by atoms with Crippen LogP contribution in [0.2, 0.25) is 0 Å². The fourth-order valence-electron chi connectivity index (χ4n) is 3.12. The first-order chi connectivity index (χ1) is 15.2. The summed E-state index contributed by atoms with van der Waals surface area (Å²) in [5.41, 5.74) is 2.25. The van der Waals surface area contributed by atoms with Crippen molar-refractivity contribution in [2.45, 2.75) is 26.9 Å². The number of methoxy groups -OCH3 is 1. The van der Waals surface area contributed by atoms with Crippen molar-refractivity contribution in [3.63, 3.8) is 0 Å². The number of ether oxygens (including phenoxy) is 2.